The lowest BCUT2D eigenvalue weighted by atomic mass is 10.0. The predicted octanol–water partition coefficient (Wildman–Crippen LogP) is 3.42. The monoisotopic (exact) mass is 436 g/mol. The fourth-order valence-corrected chi connectivity index (χ4v) is 4.18. The highest BCUT2D eigenvalue weighted by atomic mass is 32.1. The summed E-state index contributed by atoms with van der Waals surface area (Å²) in [6.07, 6.45) is 3.75. The van der Waals surface area contributed by atoms with E-state index in [1.54, 1.807) is 20.2 Å². The molecule has 1 fully saturated rings. The zero-order valence-corrected chi connectivity index (χ0v) is 18.2. The van der Waals surface area contributed by atoms with E-state index in [4.69, 9.17) is 21.7 Å². The molecule has 7 nitrogen and oxygen atoms in total. The number of rotatable bonds is 7. The van der Waals surface area contributed by atoms with Gasteiger partial charge in [0.05, 0.1) is 31.5 Å². The van der Waals surface area contributed by atoms with Gasteiger partial charge in [-0.1, -0.05) is 12.1 Å². The summed E-state index contributed by atoms with van der Waals surface area (Å²) < 4.78 is 12.7. The molecule has 3 aromatic rings. The SMILES string of the molecule is CCOC(=O)CN1C(=S)N[C@H](c2ccccn2)[C@@H]1c1cccn1-c1cccc(OC)c1. The first-order valence-electron chi connectivity index (χ1n) is 10.1. The first-order chi connectivity index (χ1) is 15.1. The molecular formula is C23H24N4O3S. The summed E-state index contributed by atoms with van der Waals surface area (Å²) >= 11 is 5.62. The Balaban J connectivity index is 1.78. The van der Waals surface area contributed by atoms with E-state index < -0.39 is 0 Å². The van der Waals surface area contributed by atoms with Crippen molar-refractivity contribution in [1.29, 1.82) is 0 Å². The quantitative estimate of drug-likeness (QED) is 0.450. The van der Waals surface area contributed by atoms with Gasteiger partial charge in [0.25, 0.3) is 0 Å². The summed E-state index contributed by atoms with van der Waals surface area (Å²) in [5.74, 6) is 0.444. The zero-order chi connectivity index (χ0) is 21.8. The van der Waals surface area contributed by atoms with E-state index in [2.05, 4.69) is 14.9 Å². The van der Waals surface area contributed by atoms with Gasteiger partial charge in [0.2, 0.25) is 0 Å². The Morgan fingerprint density at radius 2 is 2.06 bits per heavy atom. The summed E-state index contributed by atoms with van der Waals surface area (Å²) in [6, 6.07) is 17.1. The molecule has 2 aromatic heterocycles. The largest absolute Gasteiger partial charge is 0.497 e. The molecule has 1 saturated heterocycles. The molecule has 1 aliphatic heterocycles. The maximum absolute atomic E-state index is 12.4. The Morgan fingerprint density at radius 3 is 2.81 bits per heavy atom. The Bertz CT molecular complexity index is 1070. The minimum Gasteiger partial charge on any atom is -0.497 e. The van der Waals surface area contributed by atoms with E-state index in [-0.39, 0.29) is 24.6 Å². The van der Waals surface area contributed by atoms with Crippen molar-refractivity contribution >= 4 is 23.3 Å². The topological polar surface area (TPSA) is 68.6 Å². The van der Waals surface area contributed by atoms with Crippen LogP contribution in [0.1, 0.15) is 30.4 Å². The summed E-state index contributed by atoms with van der Waals surface area (Å²) in [5, 5.41) is 3.85. The number of aromatic nitrogens is 2. The average Bonchev–Trinajstić information content (AvgIpc) is 3.39. The summed E-state index contributed by atoms with van der Waals surface area (Å²) in [5.41, 5.74) is 2.77. The fourth-order valence-electron chi connectivity index (χ4n) is 3.87. The van der Waals surface area contributed by atoms with Crippen LogP contribution in [0, 0.1) is 0 Å². The number of esters is 1. The second kappa shape index (κ2) is 9.18. The van der Waals surface area contributed by atoms with Gasteiger partial charge in [0.15, 0.2) is 5.11 Å². The number of benzene rings is 1. The molecule has 0 aliphatic carbocycles. The molecule has 0 amide bonds. The van der Waals surface area contributed by atoms with Gasteiger partial charge in [0, 0.05) is 29.8 Å². The second-order valence-corrected chi connectivity index (χ2v) is 7.45. The van der Waals surface area contributed by atoms with Crippen LogP contribution >= 0.6 is 12.2 Å². The molecule has 0 bridgehead atoms. The third-order valence-corrected chi connectivity index (χ3v) is 5.57. The van der Waals surface area contributed by atoms with Crippen molar-refractivity contribution in [2.24, 2.45) is 0 Å². The van der Waals surface area contributed by atoms with E-state index in [9.17, 15) is 4.79 Å². The van der Waals surface area contributed by atoms with Gasteiger partial charge in [0.1, 0.15) is 12.3 Å². The Morgan fingerprint density at radius 1 is 1.19 bits per heavy atom. The average molecular weight is 437 g/mol. The molecule has 31 heavy (non-hydrogen) atoms. The Hall–Kier alpha value is -3.39. The molecule has 3 heterocycles. The highest BCUT2D eigenvalue weighted by molar-refractivity contribution is 7.80. The molecule has 1 N–H and O–H groups in total. The van der Waals surface area contributed by atoms with Crippen LogP contribution in [0.15, 0.2) is 67.0 Å². The van der Waals surface area contributed by atoms with Crippen LogP contribution in [0.25, 0.3) is 5.69 Å². The van der Waals surface area contributed by atoms with Crippen LogP contribution in [0.5, 0.6) is 5.75 Å². The molecular weight excluding hydrogens is 412 g/mol. The number of pyridine rings is 1. The lowest BCUT2D eigenvalue weighted by Gasteiger charge is -2.28. The van der Waals surface area contributed by atoms with Crippen molar-refractivity contribution in [3.05, 3.63) is 78.4 Å². The molecule has 0 saturated carbocycles. The van der Waals surface area contributed by atoms with Crippen LogP contribution < -0.4 is 10.1 Å². The van der Waals surface area contributed by atoms with Gasteiger partial charge in [-0.3, -0.25) is 9.78 Å². The molecule has 8 heteroatoms. The highest BCUT2D eigenvalue weighted by Crippen LogP contribution is 2.39. The van der Waals surface area contributed by atoms with E-state index in [0.717, 1.165) is 22.8 Å². The van der Waals surface area contributed by atoms with Crippen molar-refractivity contribution in [1.82, 2.24) is 19.8 Å². The number of thiocarbonyl (C=S) groups is 1. The van der Waals surface area contributed by atoms with E-state index in [0.29, 0.717) is 11.7 Å². The van der Waals surface area contributed by atoms with Crippen LogP contribution in [-0.4, -0.2) is 45.8 Å². The van der Waals surface area contributed by atoms with Gasteiger partial charge in [-0.2, -0.15) is 0 Å². The number of nitrogens with one attached hydrogen (secondary N) is 1. The smallest absolute Gasteiger partial charge is 0.325 e. The van der Waals surface area contributed by atoms with Crippen LogP contribution in [-0.2, 0) is 9.53 Å². The van der Waals surface area contributed by atoms with Crippen LogP contribution in [0.4, 0.5) is 0 Å². The zero-order valence-electron chi connectivity index (χ0n) is 17.4. The summed E-state index contributed by atoms with van der Waals surface area (Å²) in [4.78, 5) is 18.8. The number of methoxy groups -OCH3 is 1. The summed E-state index contributed by atoms with van der Waals surface area (Å²) in [6.45, 7) is 2.17. The van der Waals surface area contributed by atoms with Gasteiger partial charge in [-0.25, -0.2) is 0 Å². The maximum Gasteiger partial charge on any atom is 0.325 e. The van der Waals surface area contributed by atoms with E-state index >= 15 is 0 Å². The molecule has 2 atom stereocenters. The van der Waals surface area contributed by atoms with E-state index in [1.807, 2.05) is 65.7 Å². The van der Waals surface area contributed by atoms with E-state index in [1.165, 1.54) is 0 Å². The number of ether oxygens (including phenoxy) is 2. The molecule has 0 spiro atoms. The van der Waals surface area contributed by atoms with Crippen molar-refractivity contribution < 1.29 is 14.3 Å². The van der Waals surface area contributed by atoms with Crippen molar-refractivity contribution in [3.8, 4) is 11.4 Å². The molecule has 4 rings (SSSR count). The van der Waals surface area contributed by atoms with Gasteiger partial charge < -0.3 is 24.3 Å². The third-order valence-electron chi connectivity index (χ3n) is 5.22. The van der Waals surface area contributed by atoms with Crippen molar-refractivity contribution in [2.75, 3.05) is 20.3 Å². The number of hydrogen-bond donors (Lipinski definition) is 1. The first kappa shape index (κ1) is 20.9. The molecule has 0 radical (unpaired) electrons. The normalized spacial score (nSPS) is 18.0. The Labute approximate surface area is 186 Å². The second-order valence-electron chi connectivity index (χ2n) is 7.06. The highest BCUT2D eigenvalue weighted by Gasteiger charge is 2.42. The number of nitrogens with zero attached hydrogens (tertiary/aromatic N) is 3. The Kier molecular flexibility index (Phi) is 6.18. The van der Waals surface area contributed by atoms with Crippen LogP contribution in [0.2, 0.25) is 0 Å². The third kappa shape index (κ3) is 4.25. The fraction of sp³-hybridized carbons (Fsp3) is 0.261. The summed E-state index contributed by atoms with van der Waals surface area (Å²) in [7, 11) is 1.65. The lowest BCUT2D eigenvalue weighted by molar-refractivity contribution is -0.143. The number of carbonyl (C=O) groups excluding carboxylic acids is 1. The first-order valence-corrected chi connectivity index (χ1v) is 10.5. The van der Waals surface area contributed by atoms with Gasteiger partial charge in [-0.05, 0) is 55.5 Å². The van der Waals surface area contributed by atoms with Gasteiger partial charge >= 0.3 is 5.97 Å². The minimum absolute atomic E-state index is 0.0525. The van der Waals surface area contributed by atoms with Crippen molar-refractivity contribution in [3.63, 3.8) is 0 Å². The molecule has 160 valence electrons. The molecule has 0 unspecified atom stereocenters. The standard InChI is InChI=1S/C23H24N4O3S/c1-3-30-20(28)15-27-22(21(25-23(27)31)18-10-4-5-12-24-18)19-11-7-13-26(19)16-8-6-9-17(14-16)29-2/h4-14,21-22H,3,15H2,1-2H3,(H,25,31)/t21-,22+/m1/s1. The molecule has 1 aromatic carbocycles. The number of hydrogen-bond acceptors (Lipinski definition) is 5. The van der Waals surface area contributed by atoms with Crippen LogP contribution in [0.3, 0.4) is 0 Å². The van der Waals surface area contributed by atoms with Gasteiger partial charge in [-0.15, -0.1) is 0 Å². The predicted molar refractivity (Wildman–Crippen MR) is 121 cm³/mol. The maximum atomic E-state index is 12.4. The lowest BCUT2D eigenvalue weighted by Crippen LogP contribution is -2.36. The minimum atomic E-state index is -0.321. The number of carbonyl (C=O) groups is 1. The van der Waals surface area contributed by atoms with Crippen molar-refractivity contribution in [2.45, 2.75) is 19.0 Å². The molecule has 1 aliphatic rings.